The minimum absolute atomic E-state index is 0.253. The van der Waals surface area contributed by atoms with E-state index in [1.54, 1.807) is 11.8 Å². The van der Waals surface area contributed by atoms with Crippen LogP contribution in [0.15, 0.2) is 21.1 Å². The fraction of sp³-hybridized carbons (Fsp3) is 0.500. The third-order valence-electron chi connectivity index (χ3n) is 2.90. The van der Waals surface area contributed by atoms with Gasteiger partial charge in [-0.25, -0.2) is 0 Å². The molecule has 0 saturated carbocycles. The van der Waals surface area contributed by atoms with E-state index >= 15 is 0 Å². The van der Waals surface area contributed by atoms with E-state index in [0.717, 1.165) is 24.5 Å². The Bertz CT molecular complexity index is 517. The lowest BCUT2D eigenvalue weighted by Gasteiger charge is -1.97. The van der Waals surface area contributed by atoms with Gasteiger partial charge in [-0.1, -0.05) is 5.16 Å². The lowest BCUT2D eigenvalue weighted by atomic mass is 10.1. The normalized spacial score (nSPS) is 19.5. The van der Waals surface area contributed by atoms with Gasteiger partial charge in [-0.05, 0) is 24.8 Å². The molecule has 0 amide bonds. The molecule has 1 aliphatic heterocycles. The highest BCUT2D eigenvalue weighted by molar-refractivity contribution is 7.97. The summed E-state index contributed by atoms with van der Waals surface area (Å²) < 4.78 is 16.2. The first-order chi connectivity index (χ1) is 8.86. The Hall–Kier alpha value is -1.27. The van der Waals surface area contributed by atoms with Crippen LogP contribution in [0.2, 0.25) is 0 Å². The minimum atomic E-state index is 0.253. The van der Waals surface area contributed by atoms with Crippen molar-refractivity contribution >= 4 is 11.8 Å². The van der Waals surface area contributed by atoms with Gasteiger partial charge in [0.2, 0.25) is 0 Å². The Kier molecular flexibility index (Phi) is 3.38. The molecule has 3 heterocycles. The largest absolute Gasteiger partial charge is 0.455 e. The maximum atomic E-state index is 5.64. The van der Waals surface area contributed by atoms with E-state index in [9.17, 15) is 0 Å². The molecule has 3 rings (SSSR count). The Morgan fingerprint density at radius 1 is 1.44 bits per heavy atom. The van der Waals surface area contributed by atoms with Crippen LogP contribution < -0.4 is 0 Å². The minimum Gasteiger partial charge on any atom is -0.455 e. The van der Waals surface area contributed by atoms with E-state index in [-0.39, 0.29) is 5.92 Å². The van der Waals surface area contributed by atoms with E-state index < -0.39 is 0 Å². The third-order valence-corrected chi connectivity index (χ3v) is 3.47. The van der Waals surface area contributed by atoms with Gasteiger partial charge in [0.15, 0.2) is 11.6 Å². The molecule has 1 atom stereocenters. The molecule has 0 radical (unpaired) electrons. The van der Waals surface area contributed by atoms with Crippen molar-refractivity contribution in [3.8, 4) is 11.7 Å². The van der Waals surface area contributed by atoms with Gasteiger partial charge >= 0.3 is 0 Å². The highest BCUT2D eigenvalue weighted by Crippen LogP contribution is 2.27. The van der Waals surface area contributed by atoms with Gasteiger partial charge in [0.1, 0.15) is 5.76 Å². The summed E-state index contributed by atoms with van der Waals surface area (Å²) in [6, 6.07) is 3.81. The fourth-order valence-electron chi connectivity index (χ4n) is 1.95. The Morgan fingerprint density at radius 2 is 2.39 bits per heavy atom. The summed E-state index contributed by atoms with van der Waals surface area (Å²) in [4.78, 5) is 4.38. The van der Waals surface area contributed by atoms with Crippen molar-refractivity contribution in [3.05, 3.63) is 23.7 Å². The average Bonchev–Trinajstić information content (AvgIpc) is 3.10. The van der Waals surface area contributed by atoms with Crippen LogP contribution in [0.1, 0.15) is 23.9 Å². The highest BCUT2D eigenvalue weighted by Gasteiger charge is 2.24. The number of thioether (sulfide) groups is 1. The first-order valence-electron chi connectivity index (χ1n) is 5.86. The topological polar surface area (TPSA) is 61.3 Å². The van der Waals surface area contributed by atoms with Gasteiger partial charge < -0.3 is 13.7 Å². The smallest absolute Gasteiger partial charge is 0.293 e. The van der Waals surface area contributed by atoms with Crippen LogP contribution in [0.5, 0.6) is 0 Å². The van der Waals surface area contributed by atoms with Crippen molar-refractivity contribution < 1.29 is 13.7 Å². The van der Waals surface area contributed by atoms with E-state index in [1.807, 2.05) is 18.4 Å². The Balaban J connectivity index is 1.78. The molecule has 2 aromatic rings. The van der Waals surface area contributed by atoms with Crippen LogP contribution in [0.25, 0.3) is 11.7 Å². The third kappa shape index (κ3) is 2.30. The standard InChI is InChI=1S/C12H14N2O3S/c1-18-7-9-2-3-10(16-9)12-13-11(14-17-12)8-4-5-15-6-8/h2-3,8H,4-7H2,1H3/t8-/m1/s1. The zero-order valence-corrected chi connectivity index (χ0v) is 10.9. The number of rotatable bonds is 4. The zero-order valence-electron chi connectivity index (χ0n) is 10.1. The van der Waals surface area contributed by atoms with Crippen LogP contribution in [0, 0.1) is 0 Å². The molecule has 0 bridgehead atoms. The molecule has 6 heteroatoms. The molecule has 0 unspecified atom stereocenters. The summed E-state index contributed by atoms with van der Waals surface area (Å²) >= 11 is 1.71. The predicted octanol–water partition coefficient (Wildman–Crippen LogP) is 2.70. The van der Waals surface area contributed by atoms with Crippen molar-refractivity contribution in [2.24, 2.45) is 0 Å². The van der Waals surface area contributed by atoms with E-state index in [0.29, 0.717) is 24.1 Å². The van der Waals surface area contributed by atoms with Crippen LogP contribution >= 0.6 is 11.8 Å². The number of aromatic nitrogens is 2. The van der Waals surface area contributed by atoms with E-state index in [1.165, 1.54) is 0 Å². The van der Waals surface area contributed by atoms with Crippen molar-refractivity contribution in [1.82, 2.24) is 10.1 Å². The number of ether oxygens (including phenoxy) is 1. The molecule has 18 heavy (non-hydrogen) atoms. The maximum absolute atomic E-state index is 5.64. The summed E-state index contributed by atoms with van der Waals surface area (Å²) in [5.41, 5.74) is 0. The SMILES string of the molecule is CSCc1ccc(-c2nc([C@@H]3CCOC3)no2)o1. The number of furan rings is 1. The zero-order chi connectivity index (χ0) is 12.4. The second-order valence-corrected chi connectivity index (χ2v) is 5.08. The van der Waals surface area contributed by atoms with E-state index in [2.05, 4.69) is 10.1 Å². The summed E-state index contributed by atoms with van der Waals surface area (Å²) in [6.07, 6.45) is 2.99. The molecule has 0 aromatic carbocycles. The van der Waals surface area contributed by atoms with Gasteiger partial charge in [-0.2, -0.15) is 16.7 Å². The quantitative estimate of drug-likeness (QED) is 0.848. The van der Waals surface area contributed by atoms with Gasteiger partial charge in [0.05, 0.1) is 12.4 Å². The van der Waals surface area contributed by atoms with Crippen molar-refractivity contribution in [2.45, 2.75) is 18.1 Å². The molecule has 0 N–H and O–H groups in total. The summed E-state index contributed by atoms with van der Waals surface area (Å²) in [5.74, 6) is 3.81. The molecule has 5 nitrogen and oxygen atoms in total. The molecule has 1 saturated heterocycles. The monoisotopic (exact) mass is 266 g/mol. The van der Waals surface area contributed by atoms with Gasteiger partial charge in [0.25, 0.3) is 5.89 Å². The van der Waals surface area contributed by atoms with Gasteiger partial charge in [-0.15, -0.1) is 0 Å². The molecule has 1 fully saturated rings. The van der Waals surface area contributed by atoms with Crippen molar-refractivity contribution in [1.29, 1.82) is 0 Å². The van der Waals surface area contributed by atoms with Crippen molar-refractivity contribution in [3.63, 3.8) is 0 Å². The number of hydrogen-bond donors (Lipinski definition) is 0. The summed E-state index contributed by atoms with van der Waals surface area (Å²) in [7, 11) is 0. The molecule has 0 aliphatic carbocycles. The molecule has 2 aromatic heterocycles. The first-order valence-corrected chi connectivity index (χ1v) is 7.25. The van der Waals surface area contributed by atoms with Crippen LogP contribution in [0.3, 0.4) is 0 Å². The highest BCUT2D eigenvalue weighted by atomic mass is 32.2. The predicted molar refractivity (Wildman–Crippen MR) is 67.4 cm³/mol. The molecular formula is C12H14N2O3S. The fourth-order valence-corrected chi connectivity index (χ4v) is 2.39. The van der Waals surface area contributed by atoms with E-state index in [4.69, 9.17) is 13.7 Å². The average molecular weight is 266 g/mol. The Morgan fingerprint density at radius 3 is 3.17 bits per heavy atom. The maximum Gasteiger partial charge on any atom is 0.293 e. The van der Waals surface area contributed by atoms with Crippen molar-refractivity contribution in [2.75, 3.05) is 19.5 Å². The first kappa shape index (κ1) is 11.8. The molecule has 96 valence electrons. The summed E-state index contributed by atoms with van der Waals surface area (Å²) in [5, 5.41) is 4.00. The van der Waals surface area contributed by atoms with Crippen LogP contribution in [0.4, 0.5) is 0 Å². The molecular weight excluding hydrogens is 252 g/mol. The van der Waals surface area contributed by atoms with Crippen LogP contribution in [-0.4, -0.2) is 29.6 Å². The molecule has 0 spiro atoms. The molecule has 1 aliphatic rings. The number of nitrogens with zero attached hydrogens (tertiary/aromatic N) is 2. The Labute approximate surface area is 109 Å². The van der Waals surface area contributed by atoms with Gasteiger partial charge in [-0.3, -0.25) is 0 Å². The summed E-state index contributed by atoms with van der Waals surface area (Å²) in [6.45, 7) is 1.45. The second kappa shape index (κ2) is 5.16. The second-order valence-electron chi connectivity index (χ2n) is 4.22. The lowest BCUT2D eigenvalue weighted by Crippen LogP contribution is -1.99. The van der Waals surface area contributed by atoms with Gasteiger partial charge in [0, 0.05) is 12.5 Å². The number of hydrogen-bond acceptors (Lipinski definition) is 6. The lowest BCUT2D eigenvalue weighted by molar-refractivity contribution is 0.192. The van der Waals surface area contributed by atoms with Crippen LogP contribution in [-0.2, 0) is 10.5 Å².